The number of hydrogen-bond donors (Lipinski definition) is 2. The van der Waals surface area contributed by atoms with Crippen LogP contribution in [-0.4, -0.2) is 43.2 Å². The number of fused-ring (bicyclic) bond motifs is 3. The Morgan fingerprint density at radius 1 is 1.03 bits per heavy atom. The zero-order chi connectivity index (χ0) is 26.0. The number of carbonyl (C=O) groups excluding carboxylic acids is 1. The molecule has 1 heterocycles. The molecule has 2 saturated carbocycles. The molecule has 0 spiro atoms. The molecule has 200 valence electrons. The first-order valence-electron chi connectivity index (χ1n) is 13.7. The van der Waals surface area contributed by atoms with Crippen LogP contribution in [0.2, 0.25) is 0 Å². The van der Waals surface area contributed by atoms with Gasteiger partial charge in [-0.3, -0.25) is 4.79 Å². The Labute approximate surface area is 220 Å². The summed E-state index contributed by atoms with van der Waals surface area (Å²) >= 11 is 0. The van der Waals surface area contributed by atoms with E-state index >= 15 is 0 Å². The summed E-state index contributed by atoms with van der Waals surface area (Å²) in [5.74, 6) is 1.04. The number of nitrogens with one attached hydrogen (secondary N) is 1. The maximum absolute atomic E-state index is 13.1. The zero-order valence-corrected chi connectivity index (χ0v) is 22.3. The second-order valence-corrected chi connectivity index (χ2v) is 11.7. The highest BCUT2D eigenvalue weighted by Gasteiger charge is 2.61. The van der Waals surface area contributed by atoms with E-state index in [9.17, 15) is 9.90 Å². The third-order valence-electron chi connectivity index (χ3n) is 9.53. The molecule has 1 amide bonds. The van der Waals surface area contributed by atoms with Gasteiger partial charge in [-0.15, -0.1) is 0 Å². The van der Waals surface area contributed by atoms with Crippen molar-refractivity contribution in [2.24, 2.45) is 22.7 Å². The molecule has 2 aromatic rings. The number of rotatable bonds is 7. The lowest BCUT2D eigenvalue weighted by atomic mass is 9.46. The van der Waals surface area contributed by atoms with E-state index in [2.05, 4.69) is 43.4 Å². The van der Waals surface area contributed by atoms with Gasteiger partial charge in [-0.2, -0.15) is 0 Å². The first-order valence-corrected chi connectivity index (χ1v) is 13.7. The third-order valence-corrected chi connectivity index (χ3v) is 9.53. The van der Waals surface area contributed by atoms with Gasteiger partial charge in [0.2, 0.25) is 5.91 Å². The van der Waals surface area contributed by atoms with E-state index in [1.807, 2.05) is 30.3 Å². The van der Waals surface area contributed by atoms with Crippen molar-refractivity contribution < 1.29 is 24.1 Å². The highest BCUT2D eigenvalue weighted by molar-refractivity contribution is 5.76. The van der Waals surface area contributed by atoms with E-state index in [4.69, 9.17) is 14.2 Å². The lowest BCUT2D eigenvalue weighted by molar-refractivity contribution is -0.308. The van der Waals surface area contributed by atoms with Crippen molar-refractivity contribution in [2.75, 3.05) is 13.7 Å². The van der Waals surface area contributed by atoms with Crippen LogP contribution >= 0.6 is 0 Å². The minimum Gasteiger partial charge on any atom is -0.497 e. The van der Waals surface area contributed by atoms with Crippen LogP contribution in [-0.2, 0) is 27.2 Å². The van der Waals surface area contributed by atoms with Crippen LogP contribution in [0.5, 0.6) is 5.75 Å². The molecule has 6 heteroatoms. The van der Waals surface area contributed by atoms with Crippen molar-refractivity contribution in [1.82, 2.24) is 5.32 Å². The summed E-state index contributed by atoms with van der Waals surface area (Å²) in [6, 6.07) is 18.1. The van der Waals surface area contributed by atoms with Gasteiger partial charge in [0, 0.05) is 24.8 Å². The van der Waals surface area contributed by atoms with Crippen LogP contribution in [0, 0.1) is 22.7 Å². The van der Waals surface area contributed by atoms with Gasteiger partial charge in [0.25, 0.3) is 0 Å². The largest absolute Gasteiger partial charge is 0.497 e. The molecule has 1 aliphatic heterocycles. The van der Waals surface area contributed by atoms with E-state index in [-0.39, 0.29) is 35.0 Å². The number of aliphatic hydroxyl groups is 1. The lowest BCUT2D eigenvalue weighted by Gasteiger charge is -2.63. The zero-order valence-electron chi connectivity index (χ0n) is 22.3. The molecule has 2 aliphatic carbocycles. The van der Waals surface area contributed by atoms with Gasteiger partial charge in [0.1, 0.15) is 5.75 Å². The molecule has 0 radical (unpaired) electrons. The Kier molecular flexibility index (Phi) is 7.62. The van der Waals surface area contributed by atoms with Crippen molar-refractivity contribution >= 4 is 5.91 Å². The van der Waals surface area contributed by atoms with E-state index in [1.165, 1.54) is 5.56 Å². The van der Waals surface area contributed by atoms with Gasteiger partial charge in [0.05, 0.1) is 25.9 Å². The Hall–Kier alpha value is -2.41. The smallest absolute Gasteiger partial charge is 0.220 e. The molecule has 0 unspecified atom stereocenters. The van der Waals surface area contributed by atoms with Crippen LogP contribution in [0.1, 0.15) is 57.1 Å². The van der Waals surface area contributed by atoms with Crippen LogP contribution in [0.25, 0.3) is 0 Å². The van der Waals surface area contributed by atoms with Gasteiger partial charge in [-0.05, 0) is 66.2 Å². The highest BCUT2D eigenvalue weighted by atomic mass is 16.7. The van der Waals surface area contributed by atoms with Gasteiger partial charge >= 0.3 is 0 Å². The number of aliphatic hydroxyl groups excluding tert-OH is 1. The number of hydrogen-bond acceptors (Lipinski definition) is 5. The first kappa shape index (κ1) is 26.2. The summed E-state index contributed by atoms with van der Waals surface area (Å²) < 4.78 is 18.1. The van der Waals surface area contributed by atoms with Gasteiger partial charge in [-0.25, -0.2) is 0 Å². The standard InChI is InChI=1S/C31H41NO5/c1-30-16-15-27-31(2,20-36-29(37-27)17-21-7-5-4-6-8-21)26(30)14-13-25(33)24(30)18-28(34)32-19-22-9-11-23(35-3)12-10-22/h4-12,24-27,29,33H,13-20H2,1-3H3,(H,32,34)/t24-,25-,26-,27-,29-,30+,31+/m1/s1. The topological polar surface area (TPSA) is 77.0 Å². The van der Waals surface area contributed by atoms with E-state index in [0.717, 1.165) is 37.0 Å². The molecule has 0 aromatic heterocycles. The highest BCUT2D eigenvalue weighted by Crippen LogP contribution is 2.62. The summed E-state index contributed by atoms with van der Waals surface area (Å²) in [6.45, 7) is 5.72. The van der Waals surface area contributed by atoms with Crippen molar-refractivity contribution in [3.63, 3.8) is 0 Å². The normalized spacial score (nSPS) is 35.2. The fourth-order valence-corrected chi connectivity index (χ4v) is 7.42. The van der Waals surface area contributed by atoms with E-state index in [1.54, 1.807) is 7.11 Å². The molecule has 2 aromatic carbocycles. The third kappa shape index (κ3) is 5.29. The predicted molar refractivity (Wildman–Crippen MR) is 142 cm³/mol. The number of methoxy groups -OCH3 is 1. The van der Waals surface area contributed by atoms with Gasteiger partial charge in [0.15, 0.2) is 6.29 Å². The molecule has 7 atom stereocenters. The van der Waals surface area contributed by atoms with Crippen molar-refractivity contribution in [3.05, 3.63) is 65.7 Å². The summed E-state index contributed by atoms with van der Waals surface area (Å²) in [5.41, 5.74) is 1.98. The first-order chi connectivity index (χ1) is 17.8. The van der Waals surface area contributed by atoms with Crippen LogP contribution in [0.15, 0.2) is 54.6 Å². The lowest BCUT2D eigenvalue weighted by Crippen LogP contribution is -2.63. The quantitative estimate of drug-likeness (QED) is 0.559. The fourth-order valence-electron chi connectivity index (χ4n) is 7.42. The number of ether oxygens (including phenoxy) is 3. The minimum absolute atomic E-state index is 0.00640. The molecule has 6 nitrogen and oxygen atoms in total. The van der Waals surface area contributed by atoms with Gasteiger partial charge in [-0.1, -0.05) is 56.3 Å². The average Bonchev–Trinajstić information content (AvgIpc) is 2.90. The molecular formula is C31H41NO5. The summed E-state index contributed by atoms with van der Waals surface area (Å²) in [6.07, 6.45) is 4.06. The monoisotopic (exact) mass is 507 g/mol. The number of carbonyl (C=O) groups is 1. The maximum Gasteiger partial charge on any atom is 0.220 e. The van der Waals surface area contributed by atoms with Crippen LogP contribution in [0.3, 0.4) is 0 Å². The fraction of sp³-hybridized carbons (Fsp3) is 0.581. The average molecular weight is 508 g/mol. The molecule has 2 N–H and O–H groups in total. The Bertz CT molecular complexity index is 1060. The molecule has 3 aliphatic rings. The Morgan fingerprint density at radius 2 is 1.78 bits per heavy atom. The molecule has 0 bridgehead atoms. The predicted octanol–water partition coefficient (Wildman–Crippen LogP) is 4.88. The molecule has 37 heavy (non-hydrogen) atoms. The van der Waals surface area contributed by atoms with E-state index < -0.39 is 6.10 Å². The number of amides is 1. The van der Waals surface area contributed by atoms with Gasteiger partial charge < -0.3 is 24.6 Å². The van der Waals surface area contributed by atoms with Crippen LogP contribution < -0.4 is 10.1 Å². The summed E-state index contributed by atoms with van der Waals surface area (Å²) in [4.78, 5) is 13.1. The second-order valence-electron chi connectivity index (χ2n) is 11.7. The molecular weight excluding hydrogens is 466 g/mol. The number of benzene rings is 2. The molecule has 1 saturated heterocycles. The molecule has 3 fully saturated rings. The Balaban J connectivity index is 1.24. The van der Waals surface area contributed by atoms with Crippen molar-refractivity contribution in [2.45, 2.75) is 77.4 Å². The summed E-state index contributed by atoms with van der Waals surface area (Å²) in [5, 5.41) is 14.2. The van der Waals surface area contributed by atoms with Crippen molar-refractivity contribution in [1.29, 1.82) is 0 Å². The maximum atomic E-state index is 13.1. The minimum atomic E-state index is -0.468. The second kappa shape index (κ2) is 10.8. The van der Waals surface area contributed by atoms with Crippen molar-refractivity contribution in [3.8, 4) is 5.75 Å². The Morgan fingerprint density at radius 3 is 2.51 bits per heavy atom. The van der Waals surface area contributed by atoms with Crippen LogP contribution in [0.4, 0.5) is 0 Å². The summed E-state index contributed by atoms with van der Waals surface area (Å²) in [7, 11) is 1.64. The molecule has 5 rings (SSSR count). The SMILES string of the molecule is COc1ccc(CNC(=O)C[C@@H]2[C@H](O)CC[C@H]3[C@]4(C)CO[C@@H](Cc5ccccc5)O[C@@H]4CC[C@]32C)cc1. The van der Waals surface area contributed by atoms with E-state index in [0.29, 0.717) is 31.9 Å².